The molecule has 1 aliphatic rings. The van der Waals surface area contributed by atoms with Crippen molar-refractivity contribution in [1.82, 2.24) is 0 Å². The summed E-state index contributed by atoms with van der Waals surface area (Å²) in [6, 6.07) is 17.0. The zero-order valence-electron chi connectivity index (χ0n) is 12.2. The second-order valence-corrected chi connectivity index (χ2v) is 5.44. The first-order chi connectivity index (χ1) is 10.3. The van der Waals surface area contributed by atoms with Gasteiger partial charge in [-0.2, -0.15) is 0 Å². The molecule has 1 unspecified atom stereocenters. The lowest BCUT2D eigenvalue weighted by molar-refractivity contribution is -0.116. The maximum absolute atomic E-state index is 11.4. The van der Waals surface area contributed by atoms with Crippen molar-refractivity contribution >= 4 is 17.3 Å². The second kappa shape index (κ2) is 6.00. The smallest absolute Gasteiger partial charge is 0.224 e. The lowest BCUT2D eigenvalue weighted by Gasteiger charge is -2.22. The van der Waals surface area contributed by atoms with Crippen molar-refractivity contribution in [1.29, 1.82) is 0 Å². The van der Waals surface area contributed by atoms with E-state index < -0.39 is 0 Å². The second-order valence-electron chi connectivity index (χ2n) is 5.44. The minimum atomic E-state index is 0.110. The normalized spacial score (nSPS) is 15.0. The Hall–Kier alpha value is -2.29. The Morgan fingerprint density at radius 2 is 1.95 bits per heavy atom. The fourth-order valence-electron chi connectivity index (χ4n) is 2.78. The van der Waals surface area contributed by atoms with Crippen LogP contribution in [0.4, 0.5) is 11.4 Å². The number of aryl methyl sites for hydroxylation is 1. The van der Waals surface area contributed by atoms with Gasteiger partial charge < -0.3 is 10.6 Å². The van der Waals surface area contributed by atoms with E-state index in [-0.39, 0.29) is 5.91 Å². The molecule has 1 atom stereocenters. The van der Waals surface area contributed by atoms with Crippen molar-refractivity contribution in [3.05, 3.63) is 59.7 Å². The Morgan fingerprint density at radius 1 is 1.14 bits per heavy atom. The maximum atomic E-state index is 11.4. The summed E-state index contributed by atoms with van der Waals surface area (Å²) in [5, 5.41) is 6.51. The summed E-state index contributed by atoms with van der Waals surface area (Å²) in [5.41, 5.74) is 4.57. The van der Waals surface area contributed by atoms with Crippen molar-refractivity contribution in [2.45, 2.75) is 32.2 Å². The first kappa shape index (κ1) is 13.7. The molecule has 0 spiro atoms. The fraction of sp³-hybridized carbons (Fsp3) is 0.278. The number of hydrogen-bond donors (Lipinski definition) is 2. The molecule has 0 aromatic heterocycles. The fourth-order valence-corrected chi connectivity index (χ4v) is 2.78. The van der Waals surface area contributed by atoms with Crippen molar-refractivity contribution < 1.29 is 4.79 Å². The van der Waals surface area contributed by atoms with Crippen LogP contribution >= 0.6 is 0 Å². The third kappa shape index (κ3) is 3.07. The number of fused-ring (bicyclic) bond motifs is 1. The van der Waals surface area contributed by atoms with Gasteiger partial charge in [-0.05, 0) is 42.2 Å². The highest BCUT2D eigenvalue weighted by molar-refractivity contribution is 5.94. The number of amides is 1. The van der Waals surface area contributed by atoms with E-state index in [0.717, 1.165) is 24.2 Å². The Balaban J connectivity index is 1.80. The molecule has 3 rings (SSSR count). The van der Waals surface area contributed by atoms with Crippen LogP contribution in [0.15, 0.2) is 48.5 Å². The molecular formula is C18H20N2O. The predicted molar refractivity (Wildman–Crippen MR) is 86.5 cm³/mol. The lowest BCUT2D eigenvalue weighted by Crippen LogP contribution is -2.19. The number of carbonyl (C=O) groups excluding carboxylic acids is 1. The topological polar surface area (TPSA) is 41.1 Å². The van der Waals surface area contributed by atoms with Gasteiger partial charge in [-0.3, -0.25) is 4.79 Å². The minimum absolute atomic E-state index is 0.110. The quantitative estimate of drug-likeness (QED) is 0.884. The molecule has 1 amide bonds. The van der Waals surface area contributed by atoms with Gasteiger partial charge in [0.05, 0.1) is 6.04 Å². The molecule has 0 bridgehead atoms. The molecule has 2 N–H and O–H groups in total. The van der Waals surface area contributed by atoms with E-state index in [9.17, 15) is 4.79 Å². The van der Waals surface area contributed by atoms with Gasteiger partial charge in [0.25, 0.3) is 0 Å². The van der Waals surface area contributed by atoms with Gasteiger partial charge >= 0.3 is 0 Å². The molecule has 2 aromatic carbocycles. The zero-order valence-corrected chi connectivity index (χ0v) is 12.2. The minimum Gasteiger partial charge on any atom is -0.378 e. The first-order valence-electron chi connectivity index (χ1n) is 7.50. The number of benzene rings is 2. The Kier molecular flexibility index (Phi) is 3.91. The molecule has 2 aromatic rings. The van der Waals surface area contributed by atoms with E-state index in [1.54, 1.807) is 0 Å². The highest BCUT2D eigenvalue weighted by Crippen LogP contribution is 2.28. The van der Waals surface area contributed by atoms with Gasteiger partial charge in [0.1, 0.15) is 0 Å². The maximum Gasteiger partial charge on any atom is 0.224 e. The van der Waals surface area contributed by atoms with Crippen LogP contribution < -0.4 is 10.6 Å². The lowest BCUT2D eigenvalue weighted by atomic mass is 10.0. The van der Waals surface area contributed by atoms with Crippen LogP contribution in [0.3, 0.4) is 0 Å². The highest BCUT2D eigenvalue weighted by atomic mass is 16.1. The summed E-state index contributed by atoms with van der Waals surface area (Å²) in [5.74, 6) is 0.110. The van der Waals surface area contributed by atoms with E-state index in [0.29, 0.717) is 12.5 Å². The third-order valence-electron chi connectivity index (χ3n) is 3.95. The number of nitrogens with one attached hydrogen (secondary N) is 2. The average molecular weight is 280 g/mol. The molecule has 21 heavy (non-hydrogen) atoms. The third-order valence-corrected chi connectivity index (χ3v) is 3.95. The van der Waals surface area contributed by atoms with Crippen molar-refractivity contribution in [3.63, 3.8) is 0 Å². The SMILES string of the molecule is CCC(Nc1ccc2c(c1)CCC(=O)N2)c1ccccc1. The van der Waals surface area contributed by atoms with Crippen LogP contribution in [-0.4, -0.2) is 5.91 Å². The predicted octanol–water partition coefficient (Wildman–Crippen LogP) is 4.13. The summed E-state index contributed by atoms with van der Waals surface area (Å²) in [6.07, 6.45) is 2.42. The average Bonchev–Trinajstić information content (AvgIpc) is 2.53. The summed E-state index contributed by atoms with van der Waals surface area (Å²) in [4.78, 5) is 11.4. The van der Waals surface area contributed by atoms with Gasteiger partial charge in [0.15, 0.2) is 0 Å². The van der Waals surface area contributed by atoms with Gasteiger partial charge in [-0.15, -0.1) is 0 Å². The Bertz CT molecular complexity index is 637. The summed E-state index contributed by atoms with van der Waals surface area (Å²) >= 11 is 0. The molecule has 0 saturated heterocycles. The molecule has 1 aliphatic heterocycles. The molecule has 108 valence electrons. The molecule has 0 fully saturated rings. The summed E-state index contributed by atoms with van der Waals surface area (Å²) in [7, 11) is 0. The van der Waals surface area contributed by atoms with E-state index in [4.69, 9.17) is 0 Å². The van der Waals surface area contributed by atoms with Gasteiger partial charge in [0, 0.05) is 17.8 Å². The largest absolute Gasteiger partial charge is 0.378 e. The van der Waals surface area contributed by atoms with Crippen LogP contribution in [0.1, 0.15) is 36.9 Å². The van der Waals surface area contributed by atoms with Crippen LogP contribution in [0.2, 0.25) is 0 Å². The van der Waals surface area contributed by atoms with Crippen molar-refractivity contribution in [3.8, 4) is 0 Å². The number of carbonyl (C=O) groups is 1. The van der Waals surface area contributed by atoms with E-state index in [2.05, 4.69) is 47.9 Å². The van der Waals surface area contributed by atoms with Crippen LogP contribution in [-0.2, 0) is 11.2 Å². The van der Waals surface area contributed by atoms with Gasteiger partial charge in [-0.25, -0.2) is 0 Å². The van der Waals surface area contributed by atoms with Gasteiger partial charge in [0.2, 0.25) is 5.91 Å². The van der Waals surface area contributed by atoms with Crippen molar-refractivity contribution in [2.75, 3.05) is 10.6 Å². The molecule has 1 heterocycles. The standard InChI is InChI=1S/C18H20N2O/c1-2-16(13-6-4-3-5-7-13)19-15-9-10-17-14(12-15)8-11-18(21)20-17/h3-7,9-10,12,16,19H,2,8,11H2,1H3,(H,20,21). The van der Waals surface area contributed by atoms with Crippen LogP contribution in [0.5, 0.6) is 0 Å². The Labute approximate surface area is 125 Å². The number of hydrogen-bond acceptors (Lipinski definition) is 2. The molecule has 3 nitrogen and oxygen atoms in total. The summed E-state index contributed by atoms with van der Waals surface area (Å²) in [6.45, 7) is 2.18. The van der Waals surface area contributed by atoms with E-state index >= 15 is 0 Å². The molecule has 0 saturated carbocycles. The Morgan fingerprint density at radius 3 is 2.71 bits per heavy atom. The van der Waals surface area contributed by atoms with Crippen LogP contribution in [0.25, 0.3) is 0 Å². The molecule has 0 radical (unpaired) electrons. The van der Waals surface area contributed by atoms with Crippen molar-refractivity contribution in [2.24, 2.45) is 0 Å². The highest BCUT2D eigenvalue weighted by Gasteiger charge is 2.15. The van der Waals surface area contributed by atoms with Crippen LogP contribution in [0, 0.1) is 0 Å². The number of anilines is 2. The van der Waals surface area contributed by atoms with E-state index in [1.807, 2.05) is 18.2 Å². The van der Waals surface area contributed by atoms with E-state index in [1.165, 1.54) is 11.1 Å². The molecular weight excluding hydrogens is 260 g/mol. The molecule has 0 aliphatic carbocycles. The monoisotopic (exact) mass is 280 g/mol. The molecule has 3 heteroatoms. The first-order valence-corrected chi connectivity index (χ1v) is 7.50. The zero-order chi connectivity index (χ0) is 14.7. The number of rotatable bonds is 4. The van der Waals surface area contributed by atoms with Gasteiger partial charge in [-0.1, -0.05) is 37.3 Å². The summed E-state index contributed by atoms with van der Waals surface area (Å²) < 4.78 is 0.